The Balaban J connectivity index is 1.90. The Kier molecular flexibility index (Phi) is 6.60. The van der Waals surface area contributed by atoms with Gasteiger partial charge in [-0.1, -0.05) is 18.2 Å². The summed E-state index contributed by atoms with van der Waals surface area (Å²) in [6.45, 7) is 3.19. The lowest BCUT2D eigenvalue weighted by Gasteiger charge is -2.16. The van der Waals surface area contributed by atoms with Gasteiger partial charge in [0, 0.05) is 4.90 Å². The molecule has 2 rings (SSSR count). The van der Waals surface area contributed by atoms with Crippen molar-refractivity contribution in [3.05, 3.63) is 47.3 Å². The molecule has 1 heterocycles. The second-order valence-electron chi connectivity index (χ2n) is 5.17. The van der Waals surface area contributed by atoms with Crippen LogP contribution in [0.2, 0.25) is 0 Å². The predicted octanol–water partition coefficient (Wildman–Crippen LogP) is 2.90. The fourth-order valence-electron chi connectivity index (χ4n) is 1.89. The molecule has 0 radical (unpaired) electrons. The first kappa shape index (κ1) is 19.0. The smallest absolute Gasteiger partial charge is 0.319 e. The molecule has 0 unspecified atom stereocenters. The van der Waals surface area contributed by atoms with E-state index in [-0.39, 0.29) is 5.56 Å². The van der Waals surface area contributed by atoms with Gasteiger partial charge in [-0.05, 0) is 37.4 Å². The van der Waals surface area contributed by atoms with Crippen molar-refractivity contribution < 1.29 is 19.1 Å². The van der Waals surface area contributed by atoms with Crippen LogP contribution in [0, 0.1) is 0 Å². The third-order valence-electron chi connectivity index (χ3n) is 3.22. The molecule has 2 aromatic rings. The second kappa shape index (κ2) is 8.68. The number of esters is 1. The summed E-state index contributed by atoms with van der Waals surface area (Å²) in [6, 6.07) is 11.0. The van der Waals surface area contributed by atoms with Crippen LogP contribution in [-0.4, -0.2) is 29.1 Å². The normalized spacial score (nSPS) is 12.9. The number of rotatable bonds is 7. The molecule has 2 amide bonds. The van der Waals surface area contributed by atoms with Crippen LogP contribution in [0.5, 0.6) is 0 Å². The van der Waals surface area contributed by atoms with Crippen molar-refractivity contribution in [2.24, 2.45) is 5.73 Å². The summed E-state index contributed by atoms with van der Waals surface area (Å²) in [5.41, 5.74) is 5.46. The van der Waals surface area contributed by atoms with E-state index in [0.29, 0.717) is 5.00 Å². The first-order chi connectivity index (χ1) is 11.9. The Bertz CT molecular complexity index is 761. The van der Waals surface area contributed by atoms with Gasteiger partial charge in [0.1, 0.15) is 10.3 Å². The summed E-state index contributed by atoms with van der Waals surface area (Å²) in [6.07, 6.45) is -0.992. The molecule has 0 spiro atoms. The van der Waals surface area contributed by atoms with Crippen molar-refractivity contribution >= 4 is 45.9 Å². The SMILES string of the molecule is C[C@H](OC(=O)[C@H](C)Sc1ccccc1)C(=O)Nc1sccc1C(N)=O. The van der Waals surface area contributed by atoms with E-state index in [1.165, 1.54) is 36.1 Å². The number of thioether (sulfide) groups is 1. The largest absolute Gasteiger partial charge is 0.452 e. The molecular formula is C17H18N2O4S2. The fraction of sp³-hybridized carbons (Fsp3) is 0.235. The van der Waals surface area contributed by atoms with E-state index in [0.717, 1.165) is 4.90 Å². The lowest BCUT2D eigenvalue weighted by Crippen LogP contribution is -2.32. The average molecular weight is 378 g/mol. The molecule has 1 aromatic carbocycles. The van der Waals surface area contributed by atoms with Crippen molar-refractivity contribution in [3.8, 4) is 0 Å². The fourth-order valence-corrected chi connectivity index (χ4v) is 3.56. The van der Waals surface area contributed by atoms with Gasteiger partial charge in [0.05, 0.1) is 5.56 Å². The standard InChI is InChI=1S/C17H18N2O4S2/c1-10(15(21)19-16-13(14(18)20)8-9-24-16)23-17(22)11(2)25-12-6-4-3-5-7-12/h3-11H,1-2H3,(H2,18,20)(H,19,21)/t10-,11-/m0/s1. The van der Waals surface area contributed by atoms with Gasteiger partial charge in [0.15, 0.2) is 6.10 Å². The quantitative estimate of drug-likeness (QED) is 0.570. The van der Waals surface area contributed by atoms with E-state index >= 15 is 0 Å². The predicted molar refractivity (Wildman–Crippen MR) is 98.8 cm³/mol. The van der Waals surface area contributed by atoms with Crippen molar-refractivity contribution in [1.82, 2.24) is 0 Å². The van der Waals surface area contributed by atoms with Crippen molar-refractivity contribution in [2.45, 2.75) is 30.1 Å². The van der Waals surface area contributed by atoms with Crippen LogP contribution in [0.25, 0.3) is 0 Å². The van der Waals surface area contributed by atoms with Gasteiger partial charge in [-0.3, -0.25) is 14.4 Å². The van der Waals surface area contributed by atoms with Gasteiger partial charge in [0.25, 0.3) is 11.8 Å². The van der Waals surface area contributed by atoms with Crippen LogP contribution in [0.15, 0.2) is 46.7 Å². The monoisotopic (exact) mass is 378 g/mol. The summed E-state index contributed by atoms with van der Waals surface area (Å²) in [5.74, 6) is -1.64. The van der Waals surface area contributed by atoms with Crippen LogP contribution < -0.4 is 11.1 Å². The maximum atomic E-state index is 12.2. The van der Waals surface area contributed by atoms with Gasteiger partial charge in [-0.2, -0.15) is 0 Å². The summed E-state index contributed by atoms with van der Waals surface area (Å²) >= 11 is 2.52. The number of benzene rings is 1. The van der Waals surface area contributed by atoms with Gasteiger partial charge in [-0.15, -0.1) is 23.1 Å². The van der Waals surface area contributed by atoms with Crippen LogP contribution in [0.3, 0.4) is 0 Å². The lowest BCUT2D eigenvalue weighted by atomic mass is 10.3. The molecule has 0 aliphatic carbocycles. The Morgan fingerprint density at radius 3 is 2.48 bits per heavy atom. The molecule has 132 valence electrons. The molecule has 6 nitrogen and oxygen atoms in total. The van der Waals surface area contributed by atoms with Crippen LogP contribution >= 0.6 is 23.1 Å². The zero-order valence-corrected chi connectivity index (χ0v) is 15.4. The van der Waals surface area contributed by atoms with Crippen molar-refractivity contribution in [2.75, 3.05) is 5.32 Å². The van der Waals surface area contributed by atoms with Gasteiger partial charge in [0.2, 0.25) is 0 Å². The lowest BCUT2D eigenvalue weighted by molar-refractivity contribution is -0.152. The number of carbonyl (C=O) groups excluding carboxylic acids is 3. The molecule has 2 atom stereocenters. The number of thiophene rings is 1. The number of anilines is 1. The zero-order chi connectivity index (χ0) is 18.4. The highest BCUT2D eigenvalue weighted by molar-refractivity contribution is 8.00. The van der Waals surface area contributed by atoms with Crippen LogP contribution in [-0.2, 0) is 14.3 Å². The van der Waals surface area contributed by atoms with Crippen molar-refractivity contribution in [1.29, 1.82) is 0 Å². The molecule has 0 bridgehead atoms. The summed E-state index contributed by atoms with van der Waals surface area (Å²) < 4.78 is 5.21. The highest BCUT2D eigenvalue weighted by Gasteiger charge is 2.24. The van der Waals surface area contributed by atoms with Crippen molar-refractivity contribution in [3.63, 3.8) is 0 Å². The van der Waals surface area contributed by atoms with Gasteiger partial charge >= 0.3 is 5.97 Å². The molecule has 0 saturated heterocycles. The average Bonchev–Trinajstić information content (AvgIpc) is 3.04. The number of primary amides is 1. The third-order valence-corrected chi connectivity index (χ3v) is 5.14. The number of amides is 2. The first-order valence-corrected chi connectivity index (χ1v) is 9.24. The number of nitrogens with one attached hydrogen (secondary N) is 1. The second-order valence-corrected chi connectivity index (χ2v) is 7.50. The summed E-state index contributed by atoms with van der Waals surface area (Å²) in [4.78, 5) is 36.5. The van der Waals surface area contributed by atoms with E-state index in [4.69, 9.17) is 10.5 Å². The van der Waals surface area contributed by atoms with Crippen LogP contribution in [0.4, 0.5) is 5.00 Å². The minimum Gasteiger partial charge on any atom is -0.452 e. The minimum absolute atomic E-state index is 0.227. The molecule has 0 aliphatic rings. The van der Waals surface area contributed by atoms with E-state index in [1.807, 2.05) is 30.3 Å². The minimum atomic E-state index is -0.992. The molecular weight excluding hydrogens is 360 g/mol. The molecule has 1 aromatic heterocycles. The Morgan fingerprint density at radius 1 is 1.16 bits per heavy atom. The maximum absolute atomic E-state index is 12.2. The maximum Gasteiger partial charge on any atom is 0.319 e. The summed E-state index contributed by atoms with van der Waals surface area (Å²) in [5, 5.41) is 4.09. The Labute approximate surface area is 153 Å². The van der Waals surface area contributed by atoms with E-state index < -0.39 is 29.1 Å². The summed E-state index contributed by atoms with van der Waals surface area (Å²) in [7, 11) is 0. The third kappa shape index (κ3) is 5.33. The van der Waals surface area contributed by atoms with Gasteiger partial charge in [-0.25, -0.2) is 0 Å². The molecule has 8 heteroatoms. The highest BCUT2D eigenvalue weighted by Crippen LogP contribution is 2.25. The number of hydrogen-bond acceptors (Lipinski definition) is 6. The number of ether oxygens (including phenoxy) is 1. The molecule has 0 saturated carbocycles. The molecule has 0 fully saturated rings. The topological polar surface area (TPSA) is 98.5 Å². The Hall–Kier alpha value is -2.32. The van der Waals surface area contributed by atoms with E-state index in [9.17, 15) is 14.4 Å². The molecule has 0 aliphatic heterocycles. The van der Waals surface area contributed by atoms with Gasteiger partial charge < -0.3 is 15.8 Å². The molecule has 3 N–H and O–H groups in total. The van der Waals surface area contributed by atoms with E-state index in [2.05, 4.69) is 5.32 Å². The number of hydrogen-bond donors (Lipinski definition) is 2. The van der Waals surface area contributed by atoms with Crippen LogP contribution in [0.1, 0.15) is 24.2 Å². The zero-order valence-electron chi connectivity index (χ0n) is 13.7. The number of carbonyl (C=O) groups is 3. The first-order valence-electron chi connectivity index (χ1n) is 7.49. The Morgan fingerprint density at radius 2 is 1.84 bits per heavy atom. The number of nitrogens with two attached hydrogens (primary N) is 1. The van der Waals surface area contributed by atoms with E-state index in [1.54, 1.807) is 12.3 Å². The highest BCUT2D eigenvalue weighted by atomic mass is 32.2. The molecule has 25 heavy (non-hydrogen) atoms.